The van der Waals surface area contributed by atoms with Crippen LogP contribution in [0.25, 0.3) is 0 Å². The van der Waals surface area contributed by atoms with Gasteiger partial charge < -0.3 is 25.5 Å². The van der Waals surface area contributed by atoms with Crippen LogP contribution in [0.15, 0.2) is 12.1 Å². The fraction of sp³-hybridized carbons (Fsp3) is 0.529. The van der Waals surface area contributed by atoms with Crippen LogP contribution in [0.3, 0.4) is 0 Å². The van der Waals surface area contributed by atoms with E-state index in [1.54, 1.807) is 0 Å². The fourth-order valence-corrected chi connectivity index (χ4v) is 2.76. The number of nitrogens with zero attached hydrogens (tertiary/aromatic N) is 1. The van der Waals surface area contributed by atoms with E-state index in [0.717, 1.165) is 12.1 Å². The van der Waals surface area contributed by atoms with Crippen LogP contribution in [0.5, 0.6) is 17.2 Å². The zero-order valence-corrected chi connectivity index (χ0v) is 14.0. The lowest BCUT2D eigenvalue weighted by Crippen LogP contribution is -2.46. The molecule has 0 aliphatic carbocycles. The predicted molar refractivity (Wildman–Crippen MR) is 88.0 cm³/mol. The van der Waals surface area contributed by atoms with E-state index < -0.39 is 23.2 Å². The highest BCUT2D eigenvalue weighted by molar-refractivity contribution is 5.95. The van der Waals surface area contributed by atoms with Crippen LogP contribution < -0.4 is 5.32 Å². The molecule has 1 aromatic carbocycles. The van der Waals surface area contributed by atoms with Crippen LogP contribution in [0.4, 0.5) is 0 Å². The summed E-state index contributed by atoms with van der Waals surface area (Å²) in [5, 5.41) is 31.1. The lowest BCUT2D eigenvalue weighted by molar-refractivity contribution is -0.133. The molecule has 0 aromatic heterocycles. The first-order chi connectivity index (χ1) is 11.3. The monoisotopic (exact) mass is 336 g/mol. The Morgan fingerprint density at radius 1 is 1.17 bits per heavy atom. The smallest absolute Gasteiger partial charge is 0.251 e. The largest absolute Gasteiger partial charge is 0.504 e. The van der Waals surface area contributed by atoms with Crippen molar-refractivity contribution in [3.05, 3.63) is 17.7 Å². The topological polar surface area (TPSA) is 110 Å². The summed E-state index contributed by atoms with van der Waals surface area (Å²) in [7, 11) is 0. The first kappa shape index (κ1) is 17.9. The van der Waals surface area contributed by atoms with Crippen molar-refractivity contribution >= 4 is 11.8 Å². The standard InChI is InChI=1S/C17H24N2O5/c1-10(2)7-15(22)19-5-3-12(4-6-19)18-17(24)11-8-13(20)16(23)14(21)9-11/h8-10,12,20-21,23H,3-7H2,1-2H3,(H,18,24). The first-order valence-corrected chi connectivity index (χ1v) is 8.11. The minimum atomic E-state index is -0.650. The van der Waals surface area contributed by atoms with Gasteiger partial charge in [-0.25, -0.2) is 0 Å². The second-order valence-electron chi connectivity index (χ2n) is 6.59. The molecule has 2 rings (SSSR count). The molecule has 1 aliphatic rings. The number of rotatable bonds is 4. The summed E-state index contributed by atoms with van der Waals surface area (Å²) in [6.07, 6.45) is 1.85. The molecule has 0 unspecified atom stereocenters. The highest BCUT2D eigenvalue weighted by Gasteiger charge is 2.25. The third kappa shape index (κ3) is 4.31. The zero-order chi connectivity index (χ0) is 17.9. The van der Waals surface area contributed by atoms with Crippen LogP contribution >= 0.6 is 0 Å². The van der Waals surface area contributed by atoms with Gasteiger partial charge in [0.2, 0.25) is 5.91 Å². The third-order valence-electron chi connectivity index (χ3n) is 4.10. The van der Waals surface area contributed by atoms with Gasteiger partial charge >= 0.3 is 0 Å². The number of benzene rings is 1. The van der Waals surface area contributed by atoms with Gasteiger partial charge in [-0.2, -0.15) is 0 Å². The van der Waals surface area contributed by atoms with Gasteiger partial charge in [-0.1, -0.05) is 13.8 Å². The van der Waals surface area contributed by atoms with E-state index >= 15 is 0 Å². The molecule has 24 heavy (non-hydrogen) atoms. The Morgan fingerprint density at radius 2 is 1.71 bits per heavy atom. The number of piperidine rings is 1. The van der Waals surface area contributed by atoms with Gasteiger partial charge in [-0.05, 0) is 30.9 Å². The molecular weight excluding hydrogens is 312 g/mol. The lowest BCUT2D eigenvalue weighted by atomic mass is 10.0. The average Bonchev–Trinajstić information content (AvgIpc) is 2.52. The molecule has 0 radical (unpaired) electrons. The van der Waals surface area contributed by atoms with E-state index in [4.69, 9.17) is 0 Å². The van der Waals surface area contributed by atoms with E-state index in [0.29, 0.717) is 38.3 Å². The minimum Gasteiger partial charge on any atom is -0.504 e. The Bertz CT molecular complexity index is 598. The number of aromatic hydroxyl groups is 3. The van der Waals surface area contributed by atoms with Crippen molar-refractivity contribution in [2.75, 3.05) is 13.1 Å². The van der Waals surface area contributed by atoms with Gasteiger partial charge in [0.05, 0.1) is 0 Å². The second kappa shape index (κ2) is 7.42. The number of hydrogen-bond acceptors (Lipinski definition) is 5. The molecule has 0 bridgehead atoms. The number of hydrogen-bond donors (Lipinski definition) is 4. The Labute approximate surface area is 140 Å². The Hall–Kier alpha value is -2.44. The second-order valence-corrected chi connectivity index (χ2v) is 6.59. The van der Waals surface area contributed by atoms with Crippen LogP contribution in [-0.4, -0.2) is 51.2 Å². The Balaban J connectivity index is 1.90. The van der Waals surface area contributed by atoms with Gasteiger partial charge in [-0.15, -0.1) is 0 Å². The van der Waals surface area contributed by atoms with Gasteiger partial charge in [0.25, 0.3) is 5.91 Å². The van der Waals surface area contributed by atoms with Crippen LogP contribution in [-0.2, 0) is 4.79 Å². The van der Waals surface area contributed by atoms with Crippen molar-refractivity contribution in [1.29, 1.82) is 0 Å². The number of amides is 2. The molecule has 1 saturated heterocycles. The maximum atomic E-state index is 12.2. The fourth-order valence-electron chi connectivity index (χ4n) is 2.76. The average molecular weight is 336 g/mol. The van der Waals surface area contributed by atoms with E-state index in [1.165, 1.54) is 0 Å². The molecule has 7 heteroatoms. The van der Waals surface area contributed by atoms with Crippen LogP contribution in [0.2, 0.25) is 0 Å². The maximum Gasteiger partial charge on any atom is 0.251 e. The number of phenols is 3. The number of carbonyl (C=O) groups is 2. The maximum absolute atomic E-state index is 12.2. The van der Waals surface area contributed by atoms with E-state index in [2.05, 4.69) is 5.32 Å². The molecule has 1 heterocycles. The van der Waals surface area contributed by atoms with E-state index in [9.17, 15) is 24.9 Å². The number of phenolic OH excluding ortho intramolecular Hbond substituents is 3. The predicted octanol–water partition coefficient (Wildman–Crippen LogP) is 1.57. The first-order valence-electron chi connectivity index (χ1n) is 8.11. The van der Waals surface area contributed by atoms with Crippen molar-refractivity contribution < 1.29 is 24.9 Å². The van der Waals surface area contributed by atoms with Gasteiger partial charge in [0.15, 0.2) is 17.2 Å². The lowest BCUT2D eigenvalue weighted by Gasteiger charge is -2.32. The summed E-state index contributed by atoms with van der Waals surface area (Å²) >= 11 is 0. The molecule has 0 saturated carbocycles. The molecule has 7 nitrogen and oxygen atoms in total. The Kier molecular flexibility index (Phi) is 5.54. The molecule has 4 N–H and O–H groups in total. The normalized spacial score (nSPS) is 15.5. The molecular formula is C17H24N2O5. The molecule has 0 spiro atoms. The number of nitrogens with one attached hydrogen (secondary N) is 1. The molecule has 1 aromatic rings. The van der Waals surface area contributed by atoms with Crippen molar-refractivity contribution in [3.8, 4) is 17.2 Å². The zero-order valence-electron chi connectivity index (χ0n) is 14.0. The van der Waals surface area contributed by atoms with E-state index in [-0.39, 0.29) is 17.5 Å². The Morgan fingerprint density at radius 3 is 2.21 bits per heavy atom. The van der Waals surface area contributed by atoms with Gasteiger partial charge in [-0.3, -0.25) is 9.59 Å². The van der Waals surface area contributed by atoms with Crippen molar-refractivity contribution in [1.82, 2.24) is 10.2 Å². The molecule has 1 aliphatic heterocycles. The summed E-state index contributed by atoms with van der Waals surface area (Å²) in [6.45, 7) is 5.21. The summed E-state index contributed by atoms with van der Waals surface area (Å²) in [6, 6.07) is 2.14. The summed E-state index contributed by atoms with van der Waals surface area (Å²) in [4.78, 5) is 26.0. The molecule has 2 amide bonds. The van der Waals surface area contributed by atoms with Crippen LogP contribution in [0, 0.1) is 5.92 Å². The summed E-state index contributed by atoms with van der Waals surface area (Å²) in [5.41, 5.74) is 0.0705. The van der Waals surface area contributed by atoms with Crippen LogP contribution in [0.1, 0.15) is 43.5 Å². The molecule has 132 valence electrons. The summed E-state index contributed by atoms with van der Waals surface area (Å²) in [5.74, 6) is -1.72. The van der Waals surface area contributed by atoms with Crippen molar-refractivity contribution in [2.45, 2.75) is 39.2 Å². The minimum absolute atomic E-state index is 0.0705. The highest BCUT2D eigenvalue weighted by atomic mass is 16.3. The third-order valence-corrected chi connectivity index (χ3v) is 4.10. The van der Waals surface area contributed by atoms with Gasteiger partial charge in [0.1, 0.15) is 0 Å². The summed E-state index contributed by atoms with van der Waals surface area (Å²) < 4.78 is 0. The quantitative estimate of drug-likeness (QED) is 0.624. The van der Waals surface area contributed by atoms with Crippen molar-refractivity contribution in [2.24, 2.45) is 5.92 Å². The highest BCUT2D eigenvalue weighted by Crippen LogP contribution is 2.35. The van der Waals surface area contributed by atoms with E-state index in [1.807, 2.05) is 18.7 Å². The van der Waals surface area contributed by atoms with Crippen molar-refractivity contribution in [3.63, 3.8) is 0 Å². The molecule has 0 atom stereocenters. The number of likely N-dealkylation sites (tertiary alicyclic amines) is 1. The molecule has 1 fully saturated rings. The SMILES string of the molecule is CC(C)CC(=O)N1CCC(NC(=O)c2cc(O)c(O)c(O)c2)CC1. The number of carbonyl (C=O) groups excluding carboxylic acids is 2. The van der Waals surface area contributed by atoms with Gasteiger partial charge in [0, 0.05) is 31.1 Å².